The van der Waals surface area contributed by atoms with Crippen LogP contribution in [0.2, 0.25) is 10.0 Å². The van der Waals surface area contributed by atoms with Gasteiger partial charge in [0.1, 0.15) is 11.4 Å². The van der Waals surface area contributed by atoms with Crippen LogP contribution in [0.15, 0.2) is 48.7 Å². The number of aromatic nitrogens is 4. The van der Waals surface area contributed by atoms with E-state index in [2.05, 4.69) is 11.5 Å². The summed E-state index contributed by atoms with van der Waals surface area (Å²) in [6.07, 6.45) is 3.07. The number of nitrogens with zero attached hydrogens (tertiary/aromatic N) is 5. The number of carbonyl (C=O) groups is 2. The number of anilines is 1. The van der Waals surface area contributed by atoms with Gasteiger partial charge >= 0.3 is 5.97 Å². The molecule has 0 spiro atoms. The molecule has 4 heterocycles. The number of amides is 1. The topological polar surface area (TPSA) is 94.5 Å². The Labute approximate surface area is 300 Å². The number of hydrogen-bond acceptors (Lipinski definition) is 4. The fourth-order valence-electron chi connectivity index (χ4n) is 7.74. The highest BCUT2D eigenvalue weighted by molar-refractivity contribution is 6.35. The molecule has 3 aromatic heterocycles. The smallest absolute Gasteiger partial charge is 0.336 e. The second-order valence-corrected chi connectivity index (χ2v) is 14.2. The van der Waals surface area contributed by atoms with Crippen LogP contribution in [0.5, 0.6) is 5.75 Å². The van der Waals surface area contributed by atoms with Gasteiger partial charge in [-0.1, -0.05) is 35.3 Å². The van der Waals surface area contributed by atoms with Crippen molar-refractivity contribution in [3.8, 4) is 16.9 Å². The summed E-state index contributed by atoms with van der Waals surface area (Å²) in [5.74, 6) is -0.470. The highest BCUT2D eigenvalue weighted by Crippen LogP contribution is 2.46. The van der Waals surface area contributed by atoms with Crippen molar-refractivity contribution in [2.45, 2.75) is 53.5 Å². The van der Waals surface area contributed by atoms with Gasteiger partial charge in [-0.2, -0.15) is 5.10 Å². The van der Waals surface area contributed by atoms with E-state index in [1.165, 1.54) is 0 Å². The predicted octanol–water partition coefficient (Wildman–Crippen LogP) is 9.01. The molecule has 0 unspecified atom stereocenters. The molecule has 0 fully saturated rings. The third kappa shape index (κ3) is 5.26. The Morgan fingerprint density at radius 1 is 1.04 bits per heavy atom. The zero-order chi connectivity index (χ0) is 35.8. The van der Waals surface area contributed by atoms with Crippen LogP contribution in [0, 0.1) is 27.7 Å². The van der Waals surface area contributed by atoms with Gasteiger partial charge in [-0.3, -0.25) is 9.48 Å². The van der Waals surface area contributed by atoms with Crippen LogP contribution in [-0.4, -0.2) is 49.0 Å². The van der Waals surface area contributed by atoms with Crippen LogP contribution < -0.4 is 9.64 Å². The van der Waals surface area contributed by atoms with Gasteiger partial charge in [0.05, 0.1) is 39.6 Å². The molecule has 1 aliphatic heterocycles. The van der Waals surface area contributed by atoms with Gasteiger partial charge in [-0.05, 0) is 94.5 Å². The average Bonchev–Trinajstić information content (AvgIpc) is 3.68. The molecular weight excluding hydrogens is 673 g/mol. The largest absolute Gasteiger partial charge is 0.494 e. The zero-order valence-electron chi connectivity index (χ0n) is 29.2. The lowest BCUT2D eigenvalue weighted by atomic mass is 9.98. The molecule has 0 radical (unpaired) electrons. The monoisotopic (exact) mass is 711 g/mol. The van der Waals surface area contributed by atoms with Crippen molar-refractivity contribution in [1.82, 2.24) is 18.9 Å². The van der Waals surface area contributed by atoms with E-state index in [1.807, 2.05) is 87.6 Å². The summed E-state index contributed by atoms with van der Waals surface area (Å²) in [5.41, 5.74) is 9.41. The summed E-state index contributed by atoms with van der Waals surface area (Å²) in [7, 11) is 3.79. The minimum absolute atomic E-state index is 0.159. The Morgan fingerprint density at radius 3 is 2.42 bits per heavy atom. The summed E-state index contributed by atoms with van der Waals surface area (Å²) >= 11 is 13.5. The van der Waals surface area contributed by atoms with Crippen LogP contribution in [0.4, 0.5) is 5.69 Å². The third-order valence-electron chi connectivity index (χ3n) is 10.1. The lowest BCUT2D eigenvalue weighted by Gasteiger charge is -2.34. The molecule has 0 saturated carbocycles. The fourth-order valence-corrected chi connectivity index (χ4v) is 8.10. The Hall–Kier alpha value is -4.73. The first-order valence-corrected chi connectivity index (χ1v) is 17.4. The number of aryl methyl sites for hydroxylation is 6. The zero-order valence-corrected chi connectivity index (χ0v) is 30.7. The van der Waals surface area contributed by atoms with E-state index in [-0.39, 0.29) is 17.5 Å². The SMILES string of the molecule is Cc1cc(OCCCc2c3n(c4c(-c5c(C)nn(C)c5C)c(Cl)ccc24)[C@H](C)CN(c2cn(C)c4cccc(C(=O)O)c24)C3=O)cc(C)c1Cl. The van der Waals surface area contributed by atoms with E-state index >= 15 is 0 Å². The number of carbonyl (C=O) groups excluding carboxylic acids is 1. The number of benzene rings is 3. The van der Waals surface area contributed by atoms with E-state index in [9.17, 15) is 14.7 Å². The fraction of sp³-hybridized carbons (Fsp3) is 0.308. The molecule has 11 heteroatoms. The lowest BCUT2D eigenvalue weighted by molar-refractivity contribution is 0.0698. The molecule has 258 valence electrons. The van der Waals surface area contributed by atoms with E-state index < -0.39 is 5.97 Å². The van der Waals surface area contributed by atoms with Crippen LogP contribution in [0.3, 0.4) is 0 Å². The standard InChI is InChI=1S/C39H39Cl2N5O4/c1-20-16-25(17-21(2)35(20)41)50-15-9-11-26-27-13-14-29(40)34(32-23(4)42-44(7)24(32)5)36(27)46-22(3)18-45(38(47)37(26)46)31-19-43(6)30-12-8-10-28(33(30)31)39(48)49/h8,10,12-14,16-17,19,22H,9,11,15,18H2,1-7H3,(H,48,49)/t22-/m1/s1. The van der Waals surface area contributed by atoms with Gasteiger partial charge in [-0.15, -0.1) is 0 Å². The minimum Gasteiger partial charge on any atom is -0.494 e. The van der Waals surface area contributed by atoms with Crippen LogP contribution in [0.25, 0.3) is 32.9 Å². The normalized spacial score (nSPS) is 14.6. The van der Waals surface area contributed by atoms with Gasteiger partial charge < -0.3 is 23.9 Å². The molecule has 1 atom stereocenters. The second-order valence-electron chi connectivity index (χ2n) is 13.4. The number of halogens is 2. The summed E-state index contributed by atoms with van der Waals surface area (Å²) in [6.45, 7) is 10.8. The van der Waals surface area contributed by atoms with E-state index in [0.29, 0.717) is 47.8 Å². The summed E-state index contributed by atoms with van der Waals surface area (Å²) in [5, 5.41) is 17.6. The molecule has 1 amide bonds. The molecule has 1 aliphatic rings. The van der Waals surface area contributed by atoms with Crippen molar-refractivity contribution in [3.63, 3.8) is 0 Å². The van der Waals surface area contributed by atoms with Crippen molar-refractivity contribution in [2.75, 3.05) is 18.1 Å². The quantitative estimate of drug-likeness (QED) is 0.159. The number of rotatable bonds is 8. The highest BCUT2D eigenvalue weighted by atomic mass is 35.5. The highest BCUT2D eigenvalue weighted by Gasteiger charge is 2.38. The molecule has 0 aliphatic carbocycles. The molecule has 6 aromatic rings. The Bertz CT molecular complexity index is 2360. The van der Waals surface area contributed by atoms with Crippen molar-refractivity contribution in [2.24, 2.45) is 14.1 Å². The number of hydrogen-bond donors (Lipinski definition) is 1. The predicted molar refractivity (Wildman–Crippen MR) is 200 cm³/mol. The maximum absolute atomic E-state index is 15.0. The molecule has 0 saturated heterocycles. The van der Waals surface area contributed by atoms with Crippen molar-refractivity contribution >= 4 is 62.6 Å². The molecule has 1 N–H and O–H groups in total. The Morgan fingerprint density at radius 2 is 1.76 bits per heavy atom. The lowest BCUT2D eigenvalue weighted by Crippen LogP contribution is -2.42. The molecule has 7 rings (SSSR count). The summed E-state index contributed by atoms with van der Waals surface area (Å²) in [6, 6.07) is 12.8. The van der Waals surface area contributed by atoms with Crippen LogP contribution >= 0.6 is 23.2 Å². The molecular formula is C39H39Cl2N5O4. The first-order chi connectivity index (χ1) is 23.8. The second kappa shape index (κ2) is 12.5. The van der Waals surface area contributed by atoms with Gasteiger partial charge in [-0.25, -0.2) is 4.79 Å². The van der Waals surface area contributed by atoms with E-state index in [1.54, 1.807) is 17.0 Å². The van der Waals surface area contributed by atoms with Crippen molar-refractivity contribution in [3.05, 3.63) is 98.0 Å². The first-order valence-electron chi connectivity index (χ1n) is 16.7. The minimum atomic E-state index is -1.04. The van der Waals surface area contributed by atoms with Crippen LogP contribution in [-0.2, 0) is 20.5 Å². The first kappa shape index (κ1) is 33.8. The Balaban J connectivity index is 1.39. The van der Waals surface area contributed by atoms with E-state index in [4.69, 9.17) is 33.0 Å². The molecule has 9 nitrogen and oxygen atoms in total. The molecule has 0 bridgehead atoms. The number of carboxylic acids is 1. The van der Waals surface area contributed by atoms with Gasteiger partial charge in [0.15, 0.2) is 0 Å². The van der Waals surface area contributed by atoms with Crippen molar-refractivity contribution < 1.29 is 19.4 Å². The van der Waals surface area contributed by atoms with Gasteiger partial charge in [0.25, 0.3) is 5.91 Å². The number of ether oxygens (including phenoxy) is 1. The number of carboxylic acid groups (broad SMARTS) is 1. The van der Waals surface area contributed by atoms with Crippen molar-refractivity contribution in [1.29, 1.82) is 0 Å². The summed E-state index contributed by atoms with van der Waals surface area (Å²) in [4.78, 5) is 29.1. The molecule has 50 heavy (non-hydrogen) atoms. The Kier molecular flexibility index (Phi) is 8.47. The number of aromatic carboxylic acids is 1. The molecule has 3 aromatic carbocycles. The van der Waals surface area contributed by atoms with Crippen LogP contribution in [0.1, 0.15) is 68.3 Å². The van der Waals surface area contributed by atoms with Gasteiger partial charge in [0.2, 0.25) is 0 Å². The third-order valence-corrected chi connectivity index (χ3v) is 11.0. The summed E-state index contributed by atoms with van der Waals surface area (Å²) < 4.78 is 12.1. The van der Waals surface area contributed by atoms with Gasteiger partial charge in [0, 0.05) is 65.5 Å². The van der Waals surface area contributed by atoms with E-state index in [0.717, 1.165) is 66.4 Å². The maximum Gasteiger partial charge on any atom is 0.336 e. The average molecular weight is 713 g/mol. The number of fused-ring (bicyclic) bond motifs is 4. The maximum atomic E-state index is 15.0.